The molecule has 0 aromatic rings. The van der Waals surface area contributed by atoms with E-state index < -0.39 is 0 Å². The van der Waals surface area contributed by atoms with Crippen molar-refractivity contribution in [3.05, 3.63) is 35.5 Å². The van der Waals surface area contributed by atoms with Crippen molar-refractivity contribution in [3.63, 3.8) is 0 Å². The maximum atomic E-state index is 4.05. The molecule has 0 aliphatic carbocycles. The third kappa shape index (κ3) is 4.17. The molecule has 0 rings (SSSR count). The van der Waals surface area contributed by atoms with E-state index in [4.69, 9.17) is 0 Å². The van der Waals surface area contributed by atoms with Gasteiger partial charge in [0.25, 0.3) is 0 Å². The lowest BCUT2D eigenvalue weighted by Gasteiger charge is -2.05. The lowest BCUT2D eigenvalue weighted by Crippen LogP contribution is -1.85. The molecule has 0 aliphatic rings. The summed E-state index contributed by atoms with van der Waals surface area (Å²) in [6, 6.07) is 0. The van der Waals surface area contributed by atoms with Crippen molar-refractivity contribution in [2.24, 2.45) is 0 Å². The average Bonchev–Trinajstić information content (AvgIpc) is 2.04. The third-order valence-electron chi connectivity index (χ3n) is 2.05. The highest BCUT2D eigenvalue weighted by atomic mass is 14.0. The Balaban J connectivity index is 4.14. The van der Waals surface area contributed by atoms with Crippen LogP contribution in [0.1, 0.15) is 40.5 Å². The zero-order valence-electron chi connectivity index (χ0n) is 8.78. The van der Waals surface area contributed by atoms with Crippen LogP contribution in [0.4, 0.5) is 0 Å². The van der Waals surface area contributed by atoms with Gasteiger partial charge in [0.2, 0.25) is 0 Å². The first-order valence-corrected chi connectivity index (χ1v) is 4.58. The molecule has 0 heteroatoms. The largest absolute Gasteiger partial charge is 0.0953 e. The summed E-state index contributed by atoms with van der Waals surface area (Å²) in [6.07, 6.45) is 6.48. The molecule has 0 fully saturated rings. The summed E-state index contributed by atoms with van der Waals surface area (Å²) in [5.41, 5.74) is 3.97. The maximum absolute atomic E-state index is 4.05. The van der Waals surface area contributed by atoms with Gasteiger partial charge in [0, 0.05) is 0 Å². The van der Waals surface area contributed by atoms with E-state index in [0.29, 0.717) is 0 Å². The Morgan fingerprint density at radius 2 is 1.92 bits per heavy atom. The first-order chi connectivity index (χ1) is 5.61. The highest BCUT2D eigenvalue weighted by molar-refractivity contribution is 5.29. The molecule has 0 aromatic carbocycles. The SMILES string of the molecule is C=C(CC(C)=CC)C(C)=CCC. The molecule has 0 N–H and O–H groups in total. The monoisotopic (exact) mass is 164 g/mol. The van der Waals surface area contributed by atoms with Crippen LogP contribution >= 0.6 is 0 Å². The number of allylic oxidation sites excluding steroid dienone is 5. The molecule has 0 radical (unpaired) electrons. The van der Waals surface area contributed by atoms with Gasteiger partial charge in [-0.3, -0.25) is 0 Å². The van der Waals surface area contributed by atoms with Crippen molar-refractivity contribution in [1.29, 1.82) is 0 Å². The quantitative estimate of drug-likeness (QED) is 0.430. The Kier molecular flexibility index (Phi) is 5.44. The summed E-state index contributed by atoms with van der Waals surface area (Å²) in [7, 11) is 0. The van der Waals surface area contributed by atoms with Gasteiger partial charge in [0.05, 0.1) is 0 Å². The average molecular weight is 164 g/mol. The van der Waals surface area contributed by atoms with Crippen LogP contribution in [0.2, 0.25) is 0 Å². The van der Waals surface area contributed by atoms with Crippen molar-refractivity contribution >= 4 is 0 Å². The lowest BCUT2D eigenvalue weighted by molar-refractivity contribution is 1.09. The van der Waals surface area contributed by atoms with E-state index in [2.05, 4.69) is 46.4 Å². The van der Waals surface area contributed by atoms with Crippen LogP contribution in [0.3, 0.4) is 0 Å². The molecular weight excluding hydrogens is 144 g/mol. The molecule has 0 bridgehead atoms. The van der Waals surface area contributed by atoms with E-state index >= 15 is 0 Å². The fourth-order valence-corrected chi connectivity index (χ4v) is 1.03. The Morgan fingerprint density at radius 1 is 1.33 bits per heavy atom. The van der Waals surface area contributed by atoms with Crippen LogP contribution in [0.5, 0.6) is 0 Å². The second kappa shape index (κ2) is 5.82. The minimum atomic E-state index is 1.01. The summed E-state index contributed by atoms with van der Waals surface area (Å²) in [4.78, 5) is 0. The summed E-state index contributed by atoms with van der Waals surface area (Å²) in [5.74, 6) is 0. The molecule has 68 valence electrons. The van der Waals surface area contributed by atoms with Gasteiger partial charge >= 0.3 is 0 Å². The number of hydrogen-bond acceptors (Lipinski definition) is 0. The van der Waals surface area contributed by atoms with E-state index in [1.165, 1.54) is 16.7 Å². The summed E-state index contributed by atoms with van der Waals surface area (Å²) < 4.78 is 0. The Labute approximate surface area is 76.7 Å². The molecule has 0 aromatic heterocycles. The predicted molar refractivity (Wildman–Crippen MR) is 57.2 cm³/mol. The summed E-state index contributed by atoms with van der Waals surface area (Å²) in [5, 5.41) is 0. The summed E-state index contributed by atoms with van der Waals surface area (Å²) in [6.45, 7) is 12.6. The van der Waals surface area contributed by atoms with Crippen molar-refractivity contribution in [2.75, 3.05) is 0 Å². The Hall–Kier alpha value is -0.780. The predicted octanol–water partition coefficient (Wildman–Crippen LogP) is 4.26. The Morgan fingerprint density at radius 3 is 2.33 bits per heavy atom. The molecular formula is C12H20. The first-order valence-electron chi connectivity index (χ1n) is 4.58. The second-order valence-corrected chi connectivity index (χ2v) is 3.21. The molecule has 0 saturated carbocycles. The lowest BCUT2D eigenvalue weighted by atomic mass is 10.0. The van der Waals surface area contributed by atoms with Crippen LogP contribution in [0, 0.1) is 0 Å². The minimum Gasteiger partial charge on any atom is -0.0953 e. The maximum Gasteiger partial charge on any atom is -0.00734 e. The van der Waals surface area contributed by atoms with Crippen LogP contribution in [0.25, 0.3) is 0 Å². The molecule has 0 spiro atoms. The van der Waals surface area contributed by atoms with Crippen molar-refractivity contribution in [3.8, 4) is 0 Å². The number of rotatable bonds is 4. The highest BCUT2D eigenvalue weighted by Crippen LogP contribution is 2.16. The van der Waals surface area contributed by atoms with Gasteiger partial charge in [-0.05, 0) is 39.2 Å². The van der Waals surface area contributed by atoms with Gasteiger partial charge in [-0.1, -0.05) is 36.8 Å². The molecule has 0 unspecified atom stereocenters. The second-order valence-electron chi connectivity index (χ2n) is 3.21. The van der Waals surface area contributed by atoms with Crippen LogP contribution in [0.15, 0.2) is 35.5 Å². The van der Waals surface area contributed by atoms with Gasteiger partial charge in [0.15, 0.2) is 0 Å². The molecule has 0 heterocycles. The molecule has 12 heavy (non-hydrogen) atoms. The fourth-order valence-electron chi connectivity index (χ4n) is 1.03. The van der Waals surface area contributed by atoms with E-state index in [-0.39, 0.29) is 0 Å². The normalized spacial score (nSPS) is 13.3. The molecule has 0 saturated heterocycles. The van der Waals surface area contributed by atoms with E-state index in [0.717, 1.165) is 12.8 Å². The van der Waals surface area contributed by atoms with Crippen LogP contribution in [-0.4, -0.2) is 0 Å². The van der Waals surface area contributed by atoms with Gasteiger partial charge in [-0.15, -0.1) is 0 Å². The van der Waals surface area contributed by atoms with Gasteiger partial charge < -0.3 is 0 Å². The Bertz CT molecular complexity index is 204. The topological polar surface area (TPSA) is 0 Å². The van der Waals surface area contributed by atoms with E-state index in [1.54, 1.807) is 0 Å². The van der Waals surface area contributed by atoms with Crippen LogP contribution in [-0.2, 0) is 0 Å². The molecule has 0 atom stereocenters. The number of hydrogen-bond donors (Lipinski definition) is 0. The zero-order valence-corrected chi connectivity index (χ0v) is 8.78. The van der Waals surface area contributed by atoms with Gasteiger partial charge in [0.1, 0.15) is 0 Å². The highest BCUT2D eigenvalue weighted by Gasteiger charge is 1.96. The molecule has 0 amide bonds. The van der Waals surface area contributed by atoms with Gasteiger partial charge in [-0.2, -0.15) is 0 Å². The summed E-state index contributed by atoms with van der Waals surface area (Å²) >= 11 is 0. The molecule has 0 aliphatic heterocycles. The van der Waals surface area contributed by atoms with E-state index in [1.807, 2.05) is 0 Å². The van der Waals surface area contributed by atoms with Crippen molar-refractivity contribution in [1.82, 2.24) is 0 Å². The minimum absolute atomic E-state index is 1.01. The third-order valence-corrected chi connectivity index (χ3v) is 2.05. The van der Waals surface area contributed by atoms with Gasteiger partial charge in [-0.25, -0.2) is 0 Å². The van der Waals surface area contributed by atoms with Crippen LogP contribution < -0.4 is 0 Å². The van der Waals surface area contributed by atoms with E-state index in [9.17, 15) is 0 Å². The first kappa shape index (κ1) is 11.2. The zero-order chi connectivity index (χ0) is 9.56. The van der Waals surface area contributed by atoms with Crippen molar-refractivity contribution < 1.29 is 0 Å². The standard InChI is InChI=1S/C12H20/c1-6-8-11(4)12(5)9-10(3)7-2/h7-8H,5-6,9H2,1-4H3. The smallest absolute Gasteiger partial charge is 0.00734 e. The fraction of sp³-hybridized carbons (Fsp3) is 0.500. The molecule has 0 nitrogen and oxygen atoms in total. The van der Waals surface area contributed by atoms with Crippen molar-refractivity contribution in [2.45, 2.75) is 40.5 Å².